The molecule has 23 heavy (non-hydrogen) atoms. The SMILES string of the molecule is NS(=O)(=O)c1ccc(NC(=O)CCN2CCCCCCC2)cc1. The maximum Gasteiger partial charge on any atom is 0.238 e. The Morgan fingerprint density at radius 1 is 1.04 bits per heavy atom. The van der Waals surface area contributed by atoms with Crippen molar-refractivity contribution in [1.29, 1.82) is 0 Å². The Balaban J connectivity index is 1.80. The van der Waals surface area contributed by atoms with Crippen LogP contribution < -0.4 is 10.5 Å². The number of nitrogens with two attached hydrogens (primary N) is 1. The first-order valence-electron chi connectivity index (χ1n) is 8.10. The van der Waals surface area contributed by atoms with Crippen LogP contribution >= 0.6 is 0 Å². The van der Waals surface area contributed by atoms with Gasteiger partial charge in [-0.3, -0.25) is 4.79 Å². The number of likely N-dealkylation sites (tertiary alicyclic amines) is 1. The molecular formula is C16H25N3O3S. The first-order valence-corrected chi connectivity index (χ1v) is 9.65. The van der Waals surface area contributed by atoms with E-state index in [-0.39, 0.29) is 10.8 Å². The van der Waals surface area contributed by atoms with Crippen LogP contribution in [0.2, 0.25) is 0 Å². The van der Waals surface area contributed by atoms with Crippen LogP contribution in [0.25, 0.3) is 0 Å². The summed E-state index contributed by atoms with van der Waals surface area (Å²) in [6.45, 7) is 2.90. The average molecular weight is 339 g/mol. The van der Waals surface area contributed by atoms with Crippen LogP contribution in [0.15, 0.2) is 29.2 Å². The second kappa shape index (κ2) is 8.42. The molecule has 1 aromatic carbocycles. The molecule has 1 aliphatic heterocycles. The van der Waals surface area contributed by atoms with Gasteiger partial charge in [0.25, 0.3) is 0 Å². The number of hydrogen-bond acceptors (Lipinski definition) is 4. The highest BCUT2D eigenvalue weighted by Gasteiger charge is 2.11. The number of nitrogens with one attached hydrogen (secondary N) is 1. The van der Waals surface area contributed by atoms with Crippen LogP contribution in [0.1, 0.15) is 38.5 Å². The Morgan fingerprint density at radius 3 is 2.17 bits per heavy atom. The van der Waals surface area contributed by atoms with E-state index in [2.05, 4.69) is 10.2 Å². The fraction of sp³-hybridized carbons (Fsp3) is 0.562. The number of hydrogen-bond donors (Lipinski definition) is 2. The normalized spacial score (nSPS) is 17.3. The zero-order chi connectivity index (χ0) is 16.7. The Bertz CT molecular complexity index is 606. The fourth-order valence-corrected chi connectivity index (χ4v) is 3.26. The van der Waals surface area contributed by atoms with E-state index in [0.717, 1.165) is 19.6 Å². The summed E-state index contributed by atoms with van der Waals surface area (Å²) >= 11 is 0. The summed E-state index contributed by atoms with van der Waals surface area (Å²) in [6, 6.07) is 5.88. The van der Waals surface area contributed by atoms with Gasteiger partial charge in [0.05, 0.1) is 4.90 Å². The Kier molecular flexibility index (Phi) is 6.56. The molecule has 0 aliphatic carbocycles. The lowest BCUT2D eigenvalue weighted by Gasteiger charge is -2.24. The highest BCUT2D eigenvalue weighted by molar-refractivity contribution is 7.89. The van der Waals surface area contributed by atoms with Crippen molar-refractivity contribution in [3.05, 3.63) is 24.3 Å². The third kappa shape index (κ3) is 6.29. The van der Waals surface area contributed by atoms with Gasteiger partial charge >= 0.3 is 0 Å². The van der Waals surface area contributed by atoms with E-state index >= 15 is 0 Å². The summed E-state index contributed by atoms with van der Waals surface area (Å²) in [7, 11) is -3.70. The fourth-order valence-electron chi connectivity index (χ4n) is 2.75. The lowest BCUT2D eigenvalue weighted by atomic mass is 10.1. The van der Waals surface area contributed by atoms with E-state index in [1.165, 1.54) is 44.2 Å². The molecule has 0 aromatic heterocycles. The van der Waals surface area contributed by atoms with Crippen molar-refractivity contribution in [3.8, 4) is 0 Å². The number of benzene rings is 1. The molecule has 0 unspecified atom stereocenters. The number of rotatable bonds is 5. The molecule has 1 amide bonds. The predicted octanol–water partition coefficient (Wildman–Crippen LogP) is 1.93. The minimum atomic E-state index is -3.70. The van der Waals surface area contributed by atoms with Gasteiger partial charge in [-0.2, -0.15) is 0 Å². The summed E-state index contributed by atoms with van der Waals surface area (Å²) < 4.78 is 22.4. The van der Waals surface area contributed by atoms with E-state index in [1.807, 2.05) is 0 Å². The summed E-state index contributed by atoms with van der Waals surface area (Å²) in [6.07, 6.45) is 6.73. The van der Waals surface area contributed by atoms with Gasteiger partial charge in [-0.25, -0.2) is 13.6 Å². The first-order chi connectivity index (χ1) is 10.9. The van der Waals surface area contributed by atoms with Crippen molar-refractivity contribution in [1.82, 2.24) is 4.90 Å². The van der Waals surface area contributed by atoms with Crippen LogP contribution in [0.3, 0.4) is 0 Å². The highest BCUT2D eigenvalue weighted by atomic mass is 32.2. The predicted molar refractivity (Wildman–Crippen MR) is 90.6 cm³/mol. The molecule has 1 aromatic rings. The number of primary sulfonamides is 1. The number of sulfonamides is 1. The molecule has 0 spiro atoms. The van der Waals surface area contributed by atoms with Gasteiger partial charge in [0.2, 0.25) is 15.9 Å². The van der Waals surface area contributed by atoms with Gasteiger partial charge in [-0.05, 0) is 50.2 Å². The van der Waals surface area contributed by atoms with Crippen molar-refractivity contribution in [2.45, 2.75) is 43.4 Å². The van der Waals surface area contributed by atoms with Crippen LogP contribution in [-0.2, 0) is 14.8 Å². The molecule has 0 bridgehead atoms. The van der Waals surface area contributed by atoms with Crippen LogP contribution in [-0.4, -0.2) is 38.9 Å². The average Bonchev–Trinajstić information content (AvgIpc) is 2.45. The molecule has 1 fully saturated rings. The van der Waals surface area contributed by atoms with E-state index in [1.54, 1.807) is 12.1 Å². The molecule has 1 aliphatic rings. The van der Waals surface area contributed by atoms with Gasteiger partial charge in [0.1, 0.15) is 0 Å². The lowest BCUT2D eigenvalue weighted by Crippen LogP contribution is -2.30. The molecule has 0 saturated carbocycles. The van der Waals surface area contributed by atoms with E-state index < -0.39 is 10.0 Å². The second-order valence-electron chi connectivity index (χ2n) is 5.98. The smallest absolute Gasteiger partial charge is 0.238 e. The standard InChI is InChI=1S/C16H25N3O3S/c17-23(21,22)15-8-6-14(7-9-15)18-16(20)10-13-19-11-4-2-1-3-5-12-19/h6-9H,1-5,10-13H2,(H,18,20)(H2,17,21,22). The summed E-state index contributed by atoms with van der Waals surface area (Å²) in [5.41, 5.74) is 0.579. The molecule has 1 heterocycles. The number of carbonyl (C=O) groups excluding carboxylic acids is 1. The number of nitrogens with zero attached hydrogens (tertiary/aromatic N) is 1. The van der Waals surface area contributed by atoms with E-state index in [4.69, 9.17) is 5.14 Å². The Labute approximate surface area is 138 Å². The first kappa shape index (κ1) is 17.9. The van der Waals surface area contributed by atoms with Crippen molar-refractivity contribution in [2.24, 2.45) is 5.14 Å². The van der Waals surface area contributed by atoms with Crippen LogP contribution in [0.5, 0.6) is 0 Å². The minimum Gasteiger partial charge on any atom is -0.326 e. The van der Waals surface area contributed by atoms with Gasteiger partial charge in [-0.1, -0.05) is 19.3 Å². The Hall–Kier alpha value is -1.44. The third-order valence-electron chi connectivity index (χ3n) is 4.07. The van der Waals surface area contributed by atoms with E-state index in [9.17, 15) is 13.2 Å². The third-order valence-corrected chi connectivity index (χ3v) is 5.00. The highest BCUT2D eigenvalue weighted by Crippen LogP contribution is 2.14. The van der Waals surface area contributed by atoms with Gasteiger partial charge < -0.3 is 10.2 Å². The molecule has 2 rings (SSSR count). The quantitative estimate of drug-likeness (QED) is 0.857. The molecular weight excluding hydrogens is 314 g/mol. The largest absolute Gasteiger partial charge is 0.326 e. The number of amides is 1. The van der Waals surface area contributed by atoms with Crippen molar-refractivity contribution >= 4 is 21.6 Å². The number of anilines is 1. The van der Waals surface area contributed by atoms with Crippen molar-refractivity contribution in [3.63, 3.8) is 0 Å². The molecule has 1 saturated heterocycles. The van der Waals surface area contributed by atoms with Crippen molar-refractivity contribution in [2.75, 3.05) is 25.0 Å². The second-order valence-corrected chi connectivity index (χ2v) is 7.54. The molecule has 6 nitrogen and oxygen atoms in total. The Morgan fingerprint density at radius 2 is 1.61 bits per heavy atom. The van der Waals surface area contributed by atoms with Gasteiger partial charge in [-0.15, -0.1) is 0 Å². The summed E-state index contributed by atoms with van der Waals surface area (Å²) in [5, 5.41) is 7.83. The maximum atomic E-state index is 12.0. The zero-order valence-corrected chi connectivity index (χ0v) is 14.1. The topological polar surface area (TPSA) is 92.5 Å². The summed E-state index contributed by atoms with van der Waals surface area (Å²) in [4.78, 5) is 14.4. The van der Waals surface area contributed by atoms with Crippen molar-refractivity contribution < 1.29 is 13.2 Å². The zero-order valence-electron chi connectivity index (χ0n) is 13.3. The molecule has 0 atom stereocenters. The molecule has 0 radical (unpaired) electrons. The lowest BCUT2D eigenvalue weighted by molar-refractivity contribution is -0.116. The monoisotopic (exact) mass is 339 g/mol. The maximum absolute atomic E-state index is 12.0. The molecule has 3 N–H and O–H groups in total. The van der Waals surface area contributed by atoms with Crippen LogP contribution in [0.4, 0.5) is 5.69 Å². The van der Waals surface area contributed by atoms with Gasteiger partial charge in [0, 0.05) is 18.7 Å². The summed E-state index contributed by atoms with van der Waals surface area (Å²) in [5.74, 6) is -0.0598. The van der Waals surface area contributed by atoms with E-state index in [0.29, 0.717) is 12.1 Å². The van der Waals surface area contributed by atoms with Gasteiger partial charge in [0.15, 0.2) is 0 Å². The minimum absolute atomic E-state index is 0.0381. The molecule has 7 heteroatoms. The molecule has 128 valence electrons. The number of carbonyl (C=O) groups is 1. The van der Waals surface area contributed by atoms with Crippen LogP contribution in [0, 0.1) is 0 Å².